The third-order valence-corrected chi connectivity index (χ3v) is 6.15. The van der Waals surface area contributed by atoms with Gasteiger partial charge in [-0.05, 0) is 48.3 Å². The topological polar surface area (TPSA) is 0 Å². The van der Waals surface area contributed by atoms with Gasteiger partial charge in [-0.1, -0.05) is 6.92 Å². The zero-order valence-electron chi connectivity index (χ0n) is 6.83. The van der Waals surface area contributed by atoms with E-state index in [4.69, 9.17) is 12.6 Å². The van der Waals surface area contributed by atoms with E-state index in [1.54, 1.807) is 12.8 Å². The fourth-order valence-electron chi connectivity index (χ4n) is 4.04. The average Bonchev–Trinajstić information content (AvgIpc) is 2.75. The predicted octanol–water partition coefficient (Wildman–Crippen LogP) is 2.21. The van der Waals surface area contributed by atoms with Crippen LogP contribution in [-0.2, 0) is 0 Å². The molecule has 0 spiro atoms. The van der Waals surface area contributed by atoms with Crippen LogP contribution in [0.25, 0.3) is 0 Å². The molecule has 4 saturated carbocycles. The number of fused-ring (bicyclic) bond motifs is 2. The van der Waals surface area contributed by atoms with E-state index in [1.807, 2.05) is 0 Å². The molecular weight excluding hydrogens is 152 g/mol. The van der Waals surface area contributed by atoms with Gasteiger partial charge in [0.15, 0.2) is 0 Å². The largest absolute Gasteiger partial charge is 0.172 e. The molecule has 0 saturated heterocycles. The van der Waals surface area contributed by atoms with E-state index >= 15 is 0 Å². The summed E-state index contributed by atoms with van der Waals surface area (Å²) in [5.41, 5.74) is 0. The summed E-state index contributed by atoms with van der Waals surface area (Å²) in [6.07, 6.45) is 3.10. The van der Waals surface area contributed by atoms with Gasteiger partial charge in [0.05, 0.1) is 0 Å². The average molecular weight is 166 g/mol. The molecule has 6 atom stereocenters. The van der Waals surface area contributed by atoms with E-state index in [1.165, 1.54) is 11.8 Å². The molecule has 0 amide bonds. The second-order valence-corrected chi connectivity index (χ2v) is 5.98. The fraction of sp³-hybridized carbons (Fsp3) is 1.00. The van der Waals surface area contributed by atoms with Crippen LogP contribution in [-0.4, -0.2) is 4.75 Å². The normalized spacial score (nSPS) is 81.3. The summed E-state index contributed by atoms with van der Waals surface area (Å²) in [5, 5.41) is 0. The predicted molar refractivity (Wildman–Crippen MR) is 47.6 cm³/mol. The van der Waals surface area contributed by atoms with Crippen LogP contribution in [0.3, 0.4) is 0 Å². The lowest BCUT2D eigenvalue weighted by Gasteiger charge is -2.10. The maximum atomic E-state index is 4.79. The zero-order chi connectivity index (χ0) is 7.38. The van der Waals surface area contributed by atoms with Crippen LogP contribution >= 0.6 is 12.6 Å². The number of rotatable bonds is 1. The van der Waals surface area contributed by atoms with Crippen LogP contribution in [0.15, 0.2) is 0 Å². The lowest BCUT2D eigenvalue weighted by Crippen LogP contribution is -2.08. The molecule has 0 aromatic carbocycles. The monoisotopic (exact) mass is 166 g/mol. The van der Waals surface area contributed by atoms with E-state index in [-0.39, 0.29) is 0 Å². The van der Waals surface area contributed by atoms with E-state index in [0.717, 1.165) is 23.7 Å². The summed E-state index contributed by atoms with van der Waals surface area (Å²) in [5.74, 6) is 6.64. The van der Waals surface area contributed by atoms with Gasteiger partial charge in [0.25, 0.3) is 0 Å². The van der Waals surface area contributed by atoms with Crippen LogP contribution in [0, 0.1) is 35.5 Å². The Balaban J connectivity index is 1.57. The molecule has 0 N–H and O–H groups in total. The lowest BCUT2D eigenvalue weighted by molar-refractivity contribution is 0.453. The van der Waals surface area contributed by atoms with Crippen molar-refractivity contribution in [2.75, 3.05) is 0 Å². The van der Waals surface area contributed by atoms with Crippen LogP contribution in [0.1, 0.15) is 19.8 Å². The van der Waals surface area contributed by atoms with Gasteiger partial charge in [-0.2, -0.15) is 12.6 Å². The molecule has 4 fully saturated rings. The van der Waals surface area contributed by atoms with Gasteiger partial charge in [-0.25, -0.2) is 0 Å². The Morgan fingerprint density at radius 3 is 2.09 bits per heavy atom. The first-order valence-electron chi connectivity index (χ1n) is 4.98. The smallest absolute Gasteiger partial charge is 0.0227 e. The molecule has 0 aromatic rings. The molecule has 0 radical (unpaired) electrons. The van der Waals surface area contributed by atoms with E-state index in [9.17, 15) is 0 Å². The number of hydrogen-bond donors (Lipinski definition) is 1. The minimum Gasteiger partial charge on any atom is -0.172 e. The van der Waals surface area contributed by atoms with Gasteiger partial charge in [0.1, 0.15) is 0 Å². The summed E-state index contributed by atoms with van der Waals surface area (Å²) in [7, 11) is 0. The quantitative estimate of drug-likeness (QED) is 0.567. The van der Waals surface area contributed by atoms with Crippen LogP contribution in [0.4, 0.5) is 0 Å². The second-order valence-electron chi connectivity index (χ2n) is 5.21. The standard InChI is InChI=1S/C10H14S/c1-4-8-9(10(4,8)11)7-5-2-3-6(5)7/h4-9,11H,2-3H2,1H3/t4?,5?,6?,7?,8?,9?,10-/m1/s1. The molecule has 0 bridgehead atoms. The van der Waals surface area contributed by atoms with Crippen LogP contribution in [0.5, 0.6) is 0 Å². The van der Waals surface area contributed by atoms with E-state index in [0.29, 0.717) is 4.75 Å². The summed E-state index contributed by atoms with van der Waals surface area (Å²) < 4.78 is 0.571. The van der Waals surface area contributed by atoms with Gasteiger partial charge in [-0.15, -0.1) is 0 Å². The zero-order valence-corrected chi connectivity index (χ0v) is 7.72. The van der Waals surface area contributed by atoms with Crippen molar-refractivity contribution in [3.05, 3.63) is 0 Å². The molecule has 60 valence electrons. The maximum Gasteiger partial charge on any atom is 0.0227 e. The highest BCUT2D eigenvalue weighted by atomic mass is 32.1. The molecular formula is C10H14S. The minimum absolute atomic E-state index is 0.571. The Morgan fingerprint density at radius 1 is 1.18 bits per heavy atom. The lowest BCUT2D eigenvalue weighted by atomic mass is 10.0. The number of thiol groups is 1. The van der Waals surface area contributed by atoms with Crippen molar-refractivity contribution < 1.29 is 0 Å². The van der Waals surface area contributed by atoms with Crippen molar-refractivity contribution in [3.63, 3.8) is 0 Å². The van der Waals surface area contributed by atoms with Crippen LogP contribution < -0.4 is 0 Å². The highest BCUT2D eigenvalue weighted by Crippen LogP contribution is 2.88. The Bertz CT molecular complexity index is 239. The van der Waals surface area contributed by atoms with Gasteiger partial charge in [0.2, 0.25) is 0 Å². The van der Waals surface area contributed by atoms with Crippen molar-refractivity contribution in [2.45, 2.75) is 24.5 Å². The van der Waals surface area contributed by atoms with Crippen molar-refractivity contribution in [1.29, 1.82) is 0 Å². The van der Waals surface area contributed by atoms with Gasteiger partial charge in [0, 0.05) is 4.75 Å². The summed E-state index contributed by atoms with van der Waals surface area (Å²) in [6, 6.07) is 0. The molecule has 0 aromatic heterocycles. The molecule has 4 aliphatic rings. The van der Waals surface area contributed by atoms with Gasteiger partial charge < -0.3 is 0 Å². The molecule has 4 aliphatic carbocycles. The molecule has 0 heterocycles. The molecule has 1 heteroatoms. The highest BCUT2D eigenvalue weighted by Gasteiger charge is 2.87. The fourth-order valence-corrected chi connectivity index (χ4v) is 4.77. The first-order chi connectivity index (χ1) is 5.26. The summed E-state index contributed by atoms with van der Waals surface area (Å²) >= 11 is 4.79. The first kappa shape index (κ1) is 5.90. The molecule has 11 heavy (non-hydrogen) atoms. The van der Waals surface area contributed by atoms with E-state index in [2.05, 4.69) is 6.92 Å². The van der Waals surface area contributed by atoms with Crippen LogP contribution in [0.2, 0.25) is 0 Å². The Labute approximate surface area is 73.2 Å². The van der Waals surface area contributed by atoms with Crippen molar-refractivity contribution in [3.8, 4) is 0 Å². The number of hydrogen-bond acceptors (Lipinski definition) is 1. The molecule has 5 unspecified atom stereocenters. The maximum absolute atomic E-state index is 4.79. The third-order valence-electron chi connectivity index (χ3n) is 5.15. The first-order valence-corrected chi connectivity index (χ1v) is 5.43. The molecule has 4 rings (SSSR count). The second kappa shape index (κ2) is 1.30. The van der Waals surface area contributed by atoms with E-state index < -0.39 is 0 Å². The summed E-state index contributed by atoms with van der Waals surface area (Å²) in [6.45, 7) is 2.37. The Morgan fingerprint density at radius 2 is 1.73 bits per heavy atom. The van der Waals surface area contributed by atoms with Crippen molar-refractivity contribution >= 4 is 12.6 Å². The van der Waals surface area contributed by atoms with Crippen molar-refractivity contribution in [1.82, 2.24) is 0 Å². The summed E-state index contributed by atoms with van der Waals surface area (Å²) in [4.78, 5) is 0. The minimum atomic E-state index is 0.571. The SMILES string of the molecule is CC1C2C(C3C4CCC43)[C@@]12S. The highest BCUT2D eigenvalue weighted by molar-refractivity contribution is 7.82. The Hall–Kier alpha value is 0.350. The van der Waals surface area contributed by atoms with Crippen molar-refractivity contribution in [2.24, 2.45) is 35.5 Å². The van der Waals surface area contributed by atoms with Gasteiger partial charge in [-0.3, -0.25) is 0 Å². The van der Waals surface area contributed by atoms with Gasteiger partial charge >= 0.3 is 0 Å². The third kappa shape index (κ3) is 0.422. The molecule has 0 aliphatic heterocycles. The Kier molecular flexibility index (Phi) is 0.699. The molecule has 0 nitrogen and oxygen atoms in total.